The normalized spacial score (nSPS) is 10.7. The molecule has 0 amide bonds. The number of hydrogen-bond donors (Lipinski definition) is 1. The van der Waals surface area contributed by atoms with E-state index in [4.69, 9.17) is 13.9 Å². The SMILES string of the molecule is CCOC(=O)c1c(-c2cccc(OC)c2)oc2ccc(O)cc12. The van der Waals surface area contributed by atoms with Crippen LogP contribution in [0, 0.1) is 0 Å². The summed E-state index contributed by atoms with van der Waals surface area (Å²) >= 11 is 0. The third-order valence-corrected chi connectivity index (χ3v) is 3.48. The summed E-state index contributed by atoms with van der Waals surface area (Å²) < 4.78 is 16.2. The first kappa shape index (κ1) is 15.0. The molecular formula is C18H16O5. The minimum atomic E-state index is -0.491. The molecule has 0 aliphatic heterocycles. The van der Waals surface area contributed by atoms with Crippen LogP contribution in [-0.2, 0) is 4.74 Å². The van der Waals surface area contributed by atoms with Gasteiger partial charge in [-0.1, -0.05) is 12.1 Å². The van der Waals surface area contributed by atoms with Gasteiger partial charge in [0.15, 0.2) is 0 Å². The minimum absolute atomic E-state index is 0.0565. The number of aromatic hydroxyl groups is 1. The van der Waals surface area contributed by atoms with Crippen LogP contribution in [0.4, 0.5) is 0 Å². The number of fused-ring (bicyclic) bond motifs is 1. The highest BCUT2D eigenvalue weighted by Gasteiger charge is 2.23. The number of ether oxygens (including phenoxy) is 2. The van der Waals surface area contributed by atoms with Gasteiger partial charge in [0.2, 0.25) is 0 Å². The van der Waals surface area contributed by atoms with Gasteiger partial charge in [-0.2, -0.15) is 0 Å². The Bertz CT molecular complexity index is 863. The molecule has 1 N–H and O–H groups in total. The molecular weight excluding hydrogens is 296 g/mol. The van der Waals surface area contributed by atoms with Crippen molar-refractivity contribution >= 4 is 16.9 Å². The van der Waals surface area contributed by atoms with Crippen molar-refractivity contribution in [2.45, 2.75) is 6.92 Å². The molecule has 5 nitrogen and oxygen atoms in total. The van der Waals surface area contributed by atoms with Crippen LogP contribution in [0.15, 0.2) is 46.9 Å². The van der Waals surface area contributed by atoms with E-state index in [0.29, 0.717) is 33.6 Å². The number of phenols is 1. The summed E-state index contributed by atoms with van der Waals surface area (Å²) in [5, 5.41) is 10.2. The van der Waals surface area contributed by atoms with Crippen LogP contribution in [0.25, 0.3) is 22.3 Å². The predicted octanol–water partition coefficient (Wildman–Crippen LogP) is 3.99. The molecule has 3 rings (SSSR count). The molecule has 0 saturated heterocycles. The Hall–Kier alpha value is -2.95. The number of rotatable bonds is 4. The number of benzene rings is 2. The van der Waals surface area contributed by atoms with Crippen molar-refractivity contribution in [2.75, 3.05) is 13.7 Å². The number of phenolic OH excluding ortho intramolecular Hbond substituents is 1. The monoisotopic (exact) mass is 312 g/mol. The van der Waals surface area contributed by atoms with Gasteiger partial charge < -0.3 is 19.0 Å². The zero-order chi connectivity index (χ0) is 16.4. The summed E-state index contributed by atoms with van der Waals surface area (Å²) in [5.74, 6) is 0.610. The number of furan rings is 1. The summed E-state index contributed by atoms with van der Waals surface area (Å²) in [6, 6.07) is 11.8. The highest BCUT2D eigenvalue weighted by molar-refractivity contribution is 6.09. The van der Waals surface area contributed by atoms with E-state index in [-0.39, 0.29) is 12.4 Å². The van der Waals surface area contributed by atoms with Crippen LogP contribution in [0.5, 0.6) is 11.5 Å². The fraction of sp³-hybridized carbons (Fsp3) is 0.167. The Balaban J connectivity index is 2.26. The van der Waals surface area contributed by atoms with Gasteiger partial charge in [0, 0.05) is 10.9 Å². The molecule has 0 saturated carbocycles. The molecule has 23 heavy (non-hydrogen) atoms. The quantitative estimate of drug-likeness (QED) is 0.738. The largest absolute Gasteiger partial charge is 0.508 e. The van der Waals surface area contributed by atoms with Gasteiger partial charge in [-0.15, -0.1) is 0 Å². The zero-order valence-corrected chi connectivity index (χ0v) is 12.8. The van der Waals surface area contributed by atoms with E-state index in [0.717, 1.165) is 0 Å². The second-order valence-electron chi connectivity index (χ2n) is 4.94. The van der Waals surface area contributed by atoms with E-state index < -0.39 is 5.97 Å². The van der Waals surface area contributed by atoms with Crippen molar-refractivity contribution < 1.29 is 23.8 Å². The molecule has 118 valence electrons. The first-order valence-corrected chi connectivity index (χ1v) is 7.21. The van der Waals surface area contributed by atoms with Crippen LogP contribution in [-0.4, -0.2) is 24.8 Å². The lowest BCUT2D eigenvalue weighted by atomic mass is 10.1. The highest BCUT2D eigenvalue weighted by atomic mass is 16.5. The Morgan fingerprint density at radius 3 is 2.78 bits per heavy atom. The summed E-state index contributed by atoms with van der Waals surface area (Å²) in [7, 11) is 1.57. The molecule has 0 atom stereocenters. The molecule has 0 fully saturated rings. The Morgan fingerprint density at radius 1 is 1.22 bits per heavy atom. The first-order valence-electron chi connectivity index (χ1n) is 7.21. The number of methoxy groups -OCH3 is 1. The maximum Gasteiger partial charge on any atom is 0.342 e. The molecule has 0 aliphatic rings. The predicted molar refractivity (Wildman–Crippen MR) is 85.8 cm³/mol. The average Bonchev–Trinajstić information content (AvgIpc) is 2.93. The minimum Gasteiger partial charge on any atom is -0.508 e. The lowest BCUT2D eigenvalue weighted by Gasteiger charge is -2.05. The lowest BCUT2D eigenvalue weighted by molar-refractivity contribution is 0.0529. The van der Waals surface area contributed by atoms with Crippen LogP contribution in [0.1, 0.15) is 17.3 Å². The topological polar surface area (TPSA) is 68.9 Å². The van der Waals surface area contributed by atoms with E-state index in [1.165, 1.54) is 12.1 Å². The molecule has 3 aromatic rings. The standard InChI is InChI=1S/C18H16O5/c1-3-22-18(20)16-14-10-12(19)7-8-15(14)23-17(16)11-5-4-6-13(9-11)21-2/h4-10,19H,3H2,1-2H3. The second kappa shape index (κ2) is 6.04. The summed E-state index contributed by atoms with van der Waals surface area (Å²) in [4.78, 5) is 12.4. The number of carbonyl (C=O) groups excluding carboxylic acids is 1. The summed E-state index contributed by atoms with van der Waals surface area (Å²) in [6.45, 7) is 1.99. The van der Waals surface area contributed by atoms with E-state index in [1.807, 2.05) is 18.2 Å². The van der Waals surface area contributed by atoms with Gasteiger partial charge >= 0.3 is 5.97 Å². The second-order valence-corrected chi connectivity index (χ2v) is 4.94. The van der Waals surface area contributed by atoms with Gasteiger partial charge in [-0.3, -0.25) is 0 Å². The van der Waals surface area contributed by atoms with Crippen LogP contribution < -0.4 is 4.74 Å². The van der Waals surface area contributed by atoms with E-state index in [9.17, 15) is 9.90 Å². The lowest BCUT2D eigenvalue weighted by Crippen LogP contribution is -2.05. The summed E-state index contributed by atoms with van der Waals surface area (Å²) in [5.41, 5.74) is 1.50. The van der Waals surface area contributed by atoms with E-state index in [1.54, 1.807) is 26.2 Å². The highest BCUT2D eigenvalue weighted by Crippen LogP contribution is 2.36. The van der Waals surface area contributed by atoms with Crippen LogP contribution >= 0.6 is 0 Å². The smallest absolute Gasteiger partial charge is 0.342 e. The maximum atomic E-state index is 12.4. The van der Waals surface area contributed by atoms with Gasteiger partial charge in [0.05, 0.1) is 13.7 Å². The van der Waals surface area contributed by atoms with Crippen LogP contribution in [0.3, 0.4) is 0 Å². The molecule has 5 heteroatoms. The molecule has 1 heterocycles. The van der Waals surface area contributed by atoms with Gasteiger partial charge in [0.25, 0.3) is 0 Å². The van der Waals surface area contributed by atoms with Gasteiger partial charge in [-0.25, -0.2) is 4.79 Å². The maximum absolute atomic E-state index is 12.4. The number of hydrogen-bond acceptors (Lipinski definition) is 5. The Morgan fingerprint density at radius 2 is 2.04 bits per heavy atom. The fourth-order valence-electron chi connectivity index (χ4n) is 2.46. The Kier molecular flexibility index (Phi) is 3.93. The van der Waals surface area contributed by atoms with Gasteiger partial charge in [-0.05, 0) is 37.3 Å². The van der Waals surface area contributed by atoms with Crippen molar-refractivity contribution in [3.8, 4) is 22.8 Å². The third kappa shape index (κ3) is 2.73. The summed E-state index contributed by atoms with van der Waals surface area (Å²) in [6.07, 6.45) is 0. The van der Waals surface area contributed by atoms with Crippen molar-refractivity contribution in [3.05, 3.63) is 48.0 Å². The molecule has 2 aromatic carbocycles. The average molecular weight is 312 g/mol. The third-order valence-electron chi connectivity index (χ3n) is 3.48. The molecule has 0 bridgehead atoms. The van der Waals surface area contributed by atoms with E-state index in [2.05, 4.69) is 0 Å². The fourth-order valence-corrected chi connectivity index (χ4v) is 2.46. The number of esters is 1. The van der Waals surface area contributed by atoms with E-state index >= 15 is 0 Å². The van der Waals surface area contributed by atoms with Gasteiger partial charge in [0.1, 0.15) is 28.4 Å². The van der Waals surface area contributed by atoms with Crippen molar-refractivity contribution in [1.82, 2.24) is 0 Å². The van der Waals surface area contributed by atoms with Crippen molar-refractivity contribution in [3.63, 3.8) is 0 Å². The molecule has 0 spiro atoms. The van der Waals surface area contributed by atoms with Crippen molar-refractivity contribution in [2.24, 2.45) is 0 Å². The first-order chi connectivity index (χ1) is 11.1. The Labute approximate surface area is 133 Å². The van der Waals surface area contributed by atoms with Crippen molar-refractivity contribution in [1.29, 1.82) is 0 Å². The molecule has 0 radical (unpaired) electrons. The molecule has 1 aromatic heterocycles. The molecule has 0 aliphatic carbocycles. The number of carbonyl (C=O) groups is 1. The zero-order valence-electron chi connectivity index (χ0n) is 12.8. The molecule has 0 unspecified atom stereocenters. The van der Waals surface area contributed by atoms with Crippen LogP contribution in [0.2, 0.25) is 0 Å².